The molecular weight excluding hydrogens is 299 g/mol. The van der Waals surface area contributed by atoms with Crippen LogP contribution in [-0.4, -0.2) is 11.5 Å². The zero-order valence-electron chi connectivity index (χ0n) is 10.5. The van der Waals surface area contributed by atoms with Crippen LogP contribution in [0.2, 0.25) is 10.0 Å². The SMILES string of the molecule is CCNc1cc(Cl)c(SCc2ccccn2)cc1Cl. The molecule has 1 aromatic heterocycles. The van der Waals surface area contributed by atoms with Crippen molar-refractivity contribution in [1.82, 2.24) is 4.98 Å². The summed E-state index contributed by atoms with van der Waals surface area (Å²) in [5.41, 5.74) is 1.90. The van der Waals surface area contributed by atoms with E-state index in [0.29, 0.717) is 10.0 Å². The van der Waals surface area contributed by atoms with Crippen LogP contribution in [0.4, 0.5) is 5.69 Å². The van der Waals surface area contributed by atoms with Crippen LogP contribution >= 0.6 is 35.0 Å². The predicted octanol–water partition coefficient (Wildman–Crippen LogP) is 5.11. The first-order valence-electron chi connectivity index (χ1n) is 5.96. The van der Waals surface area contributed by atoms with Crippen molar-refractivity contribution in [1.29, 1.82) is 0 Å². The molecular formula is C14H14Cl2N2S. The van der Waals surface area contributed by atoms with Gasteiger partial charge in [0.2, 0.25) is 0 Å². The van der Waals surface area contributed by atoms with Gasteiger partial charge in [-0.25, -0.2) is 0 Å². The summed E-state index contributed by atoms with van der Waals surface area (Å²) in [6.45, 7) is 2.84. The Morgan fingerprint density at radius 3 is 2.74 bits per heavy atom. The van der Waals surface area contributed by atoms with Gasteiger partial charge in [-0.1, -0.05) is 29.3 Å². The van der Waals surface area contributed by atoms with E-state index >= 15 is 0 Å². The fourth-order valence-corrected chi connectivity index (χ4v) is 3.09. The Hall–Kier alpha value is -0.900. The van der Waals surface area contributed by atoms with Crippen LogP contribution < -0.4 is 5.32 Å². The second-order valence-electron chi connectivity index (χ2n) is 3.90. The molecule has 0 aliphatic heterocycles. The van der Waals surface area contributed by atoms with Gasteiger partial charge in [0.05, 0.1) is 21.4 Å². The molecule has 2 aromatic rings. The van der Waals surface area contributed by atoms with Crippen LogP contribution in [-0.2, 0) is 5.75 Å². The average Bonchev–Trinajstić information content (AvgIpc) is 2.42. The lowest BCUT2D eigenvalue weighted by atomic mass is 10.3. The lowest BCUT2D eigenvalue weighted by Crippen LogP contribution is -1.97. The molecule has 0 saturated heterocycles. The number of halogens is 2. The van der Waals surface area contributed by atoms with Gasteiger partial charge in [-0.05, 0) is 31.2 Å². The summed E-state index contributed by atoms with van der Waals surface area (Å²) in [5, 5.41) is 4.58. The summed E-state index contributed by atoms with van der Waals surface area (Å²) in [5.74, 6) is 0.775. The van der Waals surface area contributed by atoms with E-state index in [-0.39, 0.29) is 0 Å². The largest absolute Gasteiger partial charge is 0.384 e. The Labute approximate surface area is 127 Å². The molecule has 5 heteroatoms. The number of nitrogens with one attached hydrogen (secondary N) is 1. The molecule has 0 radical (unpaired) electrons. The molecule has 0 unspecified atom stereocenters. The Bertz CT molecular complexity index is 547. The standard InChI is InChI=1S/C14H14Cl2N2S/c1-2-17-13-7-12(16)14(8-11(13)15)19-9-10-5-3-4-6-18-10/h3-8,17H,2,9H2,1H3. The molecule has 19 heavy (non-hydrogen) atoms. The number of hydrogen-bond acceptors (Lipinski definition) is 3. The van der Waals surface area contributed by atoms with Gasteiger partial charge in [-0.2, -0.15) is 0 Å². The molecule has 1 heterocycles. The Morgan fingerprint density at radius 2 is 2.05 bits per heavy atom. The van der Waals surface area contributed by atoms with Crippen molar-refractivity contribution in [2.24, 2.45) is 0 Å². The molecule has 0 aliphatic carbocycles. The van der Waals surface area contributed by atoms with E-state index in [9.17, 15) is 0 Å². The molecule has 2 nitrogen and oxygen atoms in total. The van der Waals surface area contributed by atoms with Gasteiger partial charge in [0, 0.05) is 23.4 Å². The highest BCUT2D eigenvalue weighted by atomic mass is 35.5. The van der Waals surface area contributed by atoms with E-state index in [2.05, 4.69) is 10.3 Å². The fourth-order valence-electron chi connectivity index (χ4n) is 1.60. The summed E-state index contributed by atoms with van der Waals surface area (Å²) in [4.78, 5) is 5.25. The van der Waals surface area contributed by atoms with Gasteiger partial charge in [-0.3, -0.25) is 4.98 Å². The van der Waals surface area contributed by atoms with Crippen LogP contribution in [0.25, 0.3) is 0 Å². The minimum Gasteiger partial charge on any atom is -0.384 e. The summed E-state index contributed by atoms with van der Waals surface area (Å²) < 4.78 is 0. The van der Waals surface area contributed by atoms with Crippen molar-refractivity contribution in [3.8, 4) is 0 Å². The number of pyridine rings is 1. The normalized spacial score (nSPS) is 10.5. The molecule has 0 saturated carbocycles. The zero-order valence-corrected chi connectivity index (χ0v) is 12.8. The molecule has 0 spiro atoms. The van der Waals surface area contributed by atoms with Gasteiger partial charge in [0.25, 0.3) is 0 Å². The fraction of sp³-hybridized carbons (Fsp3) is 0.214. The number of aromatic nitrogens is 1. The molecule has 1 N–H and O–H groups in total. The number of rotatable bonds is 5. The monoisotopic (exact) mass is 312 g/mol. The maximum absolute atomic E-state index is 6.26. The lowest BCUT2D eigenvalue weighted by Gasteiger charge is -2.10. The molecule has 0 atom stereocenters. The van der Waals surface area contributed by atoms with Crippen molar-refractivity contribution >= 4 is 40.7 Å². The van der Waals surface area contributed by atoms with Crippen molar-refractivity contribution in [3.05, 3.63) is 52.3 Å². The van der Waals surface area contributed by atoms with E-state index < -0.39 is 0 Å². The third-order valence-electron chi connectivity index (χ3n) is 2.49. The maximum Gasteiger partial charge on any atom is 0.0649 e. The number of anilines is 1. The third kappa shape index (κ3) is 4.03. The van der Waals surface area contributed by atoms with E-state index in [1.807, 2.05) is 37.3 Å². The molecule has 0 amide bonds. The topological polar surface area (TPSA) is 24.9 Å². The Kier molecular flexibility index (Phi) is 5.37. The van der Waals surface area contributed by atoms with Crippen molar-refractivity contribution in [2.45, 2.75) is 17.6 Å². The highest BCUT2D eigenvalue weighted by Gasteiger charge is 2.08. The molecule has 1 aromatic carbocycles. The molecule has 0 fully saturated rings. The zero-order chi connectivity index (χ0) is 13.7. The minimum atomic E-state index is 0.690. The molecule has 0 bridgehead atoms. The van der Waals surface area contributed by atoms with Gasteiger partial charge in [0.1, 0.15) is 0 Å². The average molecular weight is 313 g/mol. The highest BCUT2D eigenvalue weighted by Crippen LogP contribution is 2.36. The van der Waals surface area contributed by atoms with E-state index in [1.54, 1.807) is 18.0 Å². The number of hydrogen-bond donors (Lipinski definition) is 1. The second-order valence-corrected chi connectivity index (χ2v) is 5.73. The van der Waals surface area contributed by atoms with Gasteiger partial charge < -0.3 is 5.32 Å². The summed E-state index contributed by atoms with van der Waals surface area (Å²) in [6.07, 6.45) is 1.79. The van der Waals surface area contributed by atoms with Crippen LogP contribution in [0.5, 0.6) is 0 Å². The molecule has 100 valence electrons. The van der Waals surface area contributed by atoms with Gasteiger partial charge in [-0.15, -0.1) is 11.8 Å². The Morgan fingerprint density at radius 1 is 1.21 bits per heavy atom. The second kappa shape index (κ2) is 7.04. The summed E-state index contributed by atoms with van der Waals surface area (Å²) in [7, 11) is 0. The lowest BCUT2D eigenvalue weighted by molar-refractivity contribution is 1.17. The third-order valence-corrected chi connectivity index (χ3v) is 4.32. The van der Waals surface area contributed by atoms with Crippen LogP contribution in [0.3, 0.4) is 0 Å². The minimum absolute atomic E-state index is 0.690. The van der Waals surface area contributed by atoms with Crippen LogP contribution in [0.1, 0.15) is 12.6 Å². The van der Waals surface area contributed by atoms with Gasteiger partial charge in [0.15, 0.2) is 0 Å². The highest BCUT2D eigenvalue weighted by molar-refractivity contribution is 7.98. The van der Waals surface area contributed by atoms with Crippen LogP contribution in [0, 0.1) is 0 Å². The number of nitrogens with zero attached hydrogens (tertiary/aromatic N) is 1. The van der Waals surface area contributed by atoms with Crippen LogP contribution in [0.15, 0.2) is 41.4 Å². The predicted molar refractivity (Wildman–Crippen MR) is 84.4 cm³/mol. The summed E-state index contributed by atoms with van der Waals surface area (Å²) >= 11 is 14.1. The first-order chi connectivity index (χ1) is 9.20. The smallest absolute Gasteiger partial charge is 0.0649 e. The quantitative estimate of drug-likeness (QED) is 0.776. The van der Waals surface area contributed by atoms with E-state index in [0.717, 1.165) is 28.6 Å². The van der Waals surface area contributed by atoms with Crippen molar-refractivity contribution in [2.75, 3.05) is 11.9 Å². The van der Waals surface area contributed by atoms with E-state index in [4.69, 9.17) is 23.2 Å². The van der Waals surface area contributed by atoms with Gasteiger partial charge >= 0.3 is 0 Å². The van der Waals surface area contributed by atoms with Crippen molar-refractivity contribution in [3.63, 3.8) is 0 Å². The first kappa shape index (κ1) is 14.5. The number of benzene rings is 1. The maximum atomic E-state index is 6.26. The first-order valence-corrected chi connectivity index (χ1v) is 7.70. The van der Waals surface area contributed by atoms with E-state index in [1.165, 1.54) is 0 Å². The molecule has 0 aliphatic rings. The molecule has 2 rings (SSSR count). The summed E-state index contributed by atoms with van der Waals surface area (Å²) in [6, 6.07) is 9.65. The van der Waals surface area contributed by atoms with Crippen molar-refractivity contribution < 1.29 is 0 Å². The number of thioether (sulfide) groups is 1. The Balaban J connectivity index is 2.10.